The van der Waals surface area contributed by atoms with Crippen LogP contribution in [0.15, 0.2) is 48.5 Å². The Morgan fingerprint density at radius 1 is 0.926 bits per heavy atom. The van der Waals surface area contributed by atoms with Crippen molar-refractivity contribution < 1.29 is 23.8 Å². The van der Waals surface area contributed by atoms with Crippen LogP contribution in [0, 0.1) is 0 Å². The summed E-state index contributed by atoms with van der Waals surface area (Å²) in [6.07, 6.45) is -0.891. The van der Waals surface area contributed by atoms with Crippen LogP contribution in [0.2, 0.25) is 0 Å². The van der Waals surface area contributed by atoms with Crippen molar-refractivity contribution in [1.82, 2.24) is 0 Å². The van der Waals surface area contributed by atoms with E-state index in [-0.39, 0.29) is 17.8 Å². The number of ether oxygens (including phenoxy) is 3. The van der Waals surface area contributed by atoms with Crippen LogP contribution < -0.4 is 9.47 Å². The Labute approximate surface area is 160 Å². The summed E-state index contributed by atoms with van der Waals surface area (Å²) in [5.41, 5.74) is 1.68. The molecule has 2 rings (SSSR count). The van der Waals surface area contributed by atoms with Gasteiger partial charge in [-0.2, -0.15) is 0 Å². The lowest BCUT2D eigenvalue weighted by Gasteiger charge is -2.19. The van der Waals surface area contributed by atoms with Crippen molar-refractivity contribution in [3.05, 3.63) is 59.7 Å². The van der Waals surface area contributed by atoms with Gasteiger partial charge in [-0.15, -0.1) is 0 Å². The van der Waals surface area contributed by atoms with Crippen molar-refractivity contribution in [3.8, 4) is 11.5 Å². The summed E-state index contributed by atoms with van der Waals surface area (Å²) in [5, 5.41) is 0. The van der Waals surface area contributed by atoms with Gasteiger partial charge in [0.15, 0.2) is 12.7 Å². The van der Waals surface area contributed by atoms with Gasteiger partial charge in [-0.25, -0.2) is 4.79 Å². The maximum atomic E-state index is 12.3. The fraction of sp³-hybridized carbons (Fsp3) is 0.364. The third-order valence-corrected chi connectivity index (χ3v) is 4.13. The highest BCUT2D eigenvalue weighted by Crippen LogP contribution is 2.24. The standard InChI is InChI=1S/C22H26O5/c1-15(21(24)16-6-10-18(25-5)11-7-16)27-20(23)14-26-19-12-8-17(9-13-19)22(2,3)4/h6-13,15H,14H2,1-5H3/t15-/m1/s1. The number of carbonyl (C=O) groups is 2. The van der Waals surface area contributed by atoms with Crippen LogP contribution in [0.25, 0.3) is 0 Å². The smallest absolute Gasteiger partial charge is 0.344 e. The number of hydrogen-bond donors (Lipinski definition) is 0. The van der Waals surface area contributed by atoms with E-state index in [1.54, 1.807) is 38.3 Å². The number of Topliss-reactive ketones (excluding diaryl/α,β-unsaturated/α-hetero) is 1. The van der Waals surface area contributed by atoms with Crippen LogP contribution in [0.3, 0.4) is 0 Å². The average Bonchev–Trinajstić information content (AvgIpc) is 2.65. The first-order valence-corrected chi connectivity index (χ1v) is 8.82. The maximum Gasteiger partial charge on any atom is 0.344 e. The van der Waals surface area contributed by atoms with E-state index in [0.717, 1.165) is 0 Å². The lowest BCUT2D eigenvalue weighted by atomic mass is 9.87. The molecule has 0 aromatic heterocycles. The van der Waals surface area contributed by atoms with Crippen LogP contribution in [0.1, 0.15) is 43.6 Å². The maximum absolute atomic E-state index is 12.3. The minimum atomic E-state index is -0.891. The van der Waals surface area contributed by atoms with E-state index in [1.807, 2.05) is 24.3 Å². The third-order valence-electron chi connectivity index (χ3n) is 4.13. The summed E-state index contributed by atoms with van der Waals surface area (Å²) in [6.45, 7) is 7.67. The van der Waals surface area contributed by atoms with Crippen molar-refractivity contribution in [3.63, 3.8) is 0 Å². The molecule has 0 spiro atoms. The molecule has 0 aliphatic carbocycles. The van der Waals surface area contributed by atoms with Gasteiger partial charge in [0.2, 0.25) is 5.78 Å². The highest BCUT2D eigenvalue weighted by molar-refractivity contribution is 6.00. The Morgan fingerprint density at radius 2 is 1.48 bits per heavy atom. The molecule has 144 valence electrons. The Morgan fingerprint density at radius 3 is 2.00 bits per heavy atom. The molecule has 0 aliphatic heterocycles. The SMILES string of the molecule is COc1ccc(C(=O)[C@@H](C)OC(=O)COc2ccc(C(C)(C)C)cc2)cc1. The van der Waals surface area contributed by atoms with Gasteiger partial charge >= 0.3 is 5.97 Å². The summed E-state index contributed by atoms with van der Waals surface area (Å²) in [6, 6.07) is 14.2. The summed E-state index contributed by atoms with van der Waals surface area (Å²) in [7, 11) is 1.55. The molecule has 1 atom stereocenters. The molecule has 0 heterocycles. The van der Waals surface area contributed by atoms with Crippen molar-refractivity contribution in [2.45, 2.75) is 39.2 Å². The number of hydrogen-bond acceptors (Lipinski definition) is 5. The van der Waals surface area contributed by atoms with Gasteiger partial charge in [0.05, 0.1) is 7.11 Å². The first kappa shape index (κ1) is 20.5. The van der Waals surface area contributed by atoms with Crippen molar-refractivity contribution in [2.24, 2.45) is 0 Å². The van der Waals surface area contributed by atoms with Crippen LogP contribution in [0.4, 0.5) is 0 Å². The summed E-state index contributed by atoms with van der Waals surface area (Å²) in [4.78, 5) is 24.3. The minimum absolute atomic E-state index is 0.0503. The van der Waals surface area contributed by atoms with Crippen LogP contribution in [-0.2, 0) is 14.9 Å². The average molecular weight is 370 g/mol. The van der Waals surface area contributed by atoms with Crippen LogP contribution in [0.5, 0.6) is 11.5 Å². The van der Waals surface area contributed by atoms with E-state index in [9.17, 15) is 9.59 Å². The molecule has 0 aliphatic rings. The van der Waals surface area contributed by atoms with E-state index >= 15 is 0 Å². The molecule has 0 N–H and O–H groups in total. The van der Waals surface area contributed by atoms with Crippen molar-refractivity contribution >= 4 is 11.8 Å². The van der Waals surface area contributed by atoms with Gasteiger partial charge in [0, 0.05) is 5.56 Å². The molecule has 5 heteroatoms. The minimum Gasteiger partial charge on any atom is -0.497 e. The van der Waals surface area contributed by atoms with Gasteiger partial charge < -0.3 is 14.2 Å². The molecule has 2 aromatic rings. The number of esters is 1. The van der Waals surface area contributed by atoms with E-state index < -0.39 is 12.1 Å². The number of ketones is 1. The lowest BCUT2D eigenvalue weighted by Crippen LogP contribution is -2.27. The number of methoxy groups -OCH3 is 1. The van der Waals surface area contributed by atoms with Gasteiger partial charge in [-0.1, -0.05) is 32.9 Å². The Balaban J connectivity index is 1.86. The van der Waals surface area contributed by atoms with E-state index in [1.165, 1.54) is 5.56 Å². The van der Waals surface area contributed by atoms with Crippen molar-refractivity contribution in [1.29, 1.82) is 0 Å². The second-order valence-corrected chi connectivity index (χ2v) is 7.29. The zero-order chi connectivity index (χ0) is 20.0. The molecule has 0 amide bonds. The highest BCUT2D eigenvalue weighted by Gasteiger charge is 2.20. The van der Waals surface area contributed by atoms with Gasteiger partial charge in [-0.3, -0.25) is 4.79 Å². The van der Waals surface area contributed by atoms with E-state index in [2.05, 4.69) is 20.8 Å². The summed E-state index contributed by atoms with van der Waals surface area (Å²) >= 11 is 0. The second kappa shape index (κ2) is 8.71. The molecule has 0 unspecified atom stereocenters. The number of rotatable bonds is 7. The van der Waals surface area contributed by atoms with Gasteiger partial charge in [0.25, 0.3) is 0 Å². The second-order valence-electron chi connectivity index (χ2n) is 7.29. The Bertz CT molecular complexity index is 770. The monoisotopic (exact) mass is 370 g/mol. The van der Waals surface area contributed by atoms with Gasteiger partial charge in [0.1, 0.15) is 11.5 Å². The zero-order valence-electron chi connectivity index (χ0n) is 16.4. The van der Waals surface area contributed by atoms with Crippen molar-refractivity contribution in [2.75, 3.05) is 13.7 Å². The molecule has 0 fully saturated rings. The molecule has 27 heavy (non-hydrogen) atoms. The first-order chi connectivity index (χ1) is 12.7. The molecular formula is C22H26O5. The summed E-state index contributed by atoms with van der Waals surface area (Å²) < 4.78 is 15.7. The predicted octanol–water partition coefficient (Wildman–Crippen LogP) is 4.19. The topological polar surface area (TPSA) is 61.8 Å². The first-order valence-electron chi connectivity index (χ1n) is 8.82. The number of carbonyl (C=O) groups excluding carboxylic acids is 2. The van der Waals surface area contributed by atoms with Gasteiger partial charge in [-0.05, 0) is 54.3 Å². The van der Waals surface area contributed by atoms with Crippen LogP contribution in [-0.4, -0.2) is 31.6 Å². The molecule has 0 saturated carbocycles. The van der Waals surface area contributed by atoms with Crippen LogP contribution >= 0.6 is 0 Å². The third kappa shape index (κ3) is 5.84. The highest BCUT2D eigenvalue weighted by atomic mass is 16.6. The normalized spacial score (nSPS) is 12.2. The lowest BCUT2D eigenvalue weighted by molar-refractivity contribution is -0.148. The molecule has 2 aromatic carbocycles. The molecule has 0 radical (unpaired) electrons. The molecule has 0 saturated heterocycles. The number of benzene rings is 2. The Hall–Kier alpha value is -2.82. The predicted molar refractivity (Wildman–Crippen MR) is 104 cm³/mol. The molecular weight excluding hydrogens is 344 g/mol. The van der Waals surface area contributed by atoms with E-state index in [4.69, 9.17) is 14.2 Å². The fourth-order valence-electron chi connectivity index (χ4n) is 2.47. The van der Waals surface area contributed by atoms with E-state index in [0.29, 0.717) is 17.1 Å². The Kier molecular flexibility index (Phi) is 6.61. The largest absolute Gasteiger partial charge is 0.497 e. The quantitative estimate of drug-likeness (QED) is 0.540. The molecule has 5 nitrogen and oxygen atoms in total. The fourth-order valence-corrected chi connectivity index (χ4v) is 2.47. The zero-order valence-corrected chi connectivity index (χ0v) is 16.4. The summed E-state index contributed by atoms with van der Waals surface area (Å²) in [5.74, 6) is 0.362. The molecule has 0 bridgehead atoms.